The number of carbonyl (C=O) groups excluding carboxylic acids is 1. The zero-order valence-electron chi connectivity index (χ0n) is 11.3. The minimum Gasteiger partial charge on any atom is -0.422 e. The second-order valence-electron chi connectivity index (χ2n) is 4.66. The van der Waals surface area contributed by atoms with Gasteiger partial charge in [0.25, 0.3) is 5.91 Å². The molecule has 1 amide bonds. The minimum absolute atomic E-state index is 0.0453. The van der Waals surface area contributed by atoms with Crippen LogP contribution in [0.15, 0.2) is 57.9 Å². The van der Waals surface area contributed by atoms with Gasteiger partial charge >= 0.3 is 5.63 Å². The summed E-state index contributed by atoms with van der Waals surface area (Å²) in [5.41, 5.74) is 0.722. The Morgan fingerprint density at radius 1 is 1.19 bits per heavy atom. The Morgan fingerprint density at radius 3 is 2.76 bits per heavy atom. The summed E-state index contributed by atoms with van der Waals surface area (Å²) in [5.74, 6) is -0.149. The number of amides is 1. The Hall–Kier alpha value is -2.95. The van der Waals surface area contributed by atoms with Crippen molar-refractivity contribution in [1.82, 2.24) is 4.98 Å². The van der Waals surface area contributed by atoms with Crippen LogP contribution in [0.3, 0.4) is 0 Å². The molecule has 0 saturated carbocycles. The van der Waals surface area contributed by atoms with E-state index >= 15 is 0 Å². The summed E-state index contributed by atoms with van der Waals surface area (Å²) >= 11 is 0. The molecule has 2 aromatic heterocycles. The van der Waals surface area contributed by atoms with Crippen molar-refractivity contribution in [1.29, 1.82) is 0 Å². The first-order valence-corrected chi connectivity index (χ1v) is 6.40. The van der Waals surface area contributed by atoms with Gasteiger partial charge in [-0.25, -0.2) is 9.78 Å². The fraction of sp³-hybridized carbons (Fsp3) is 0.0625. The molecule has 0 radical (unpaired) electrons. The second kappa shape index (κ2) is 5.20. The second-order valence-corrected chi connectivity index (χ2v) is 4.66. The van der Waals surface area contributed by atoms with Crippen LogP contribution in [0.2, 0.25) is 0 Å². The highest BCUT2D eigenvalue weighted by atomic mass is 16.4. The molecule has 21 heavy (non-hydrogen) atoms. The number of rotatable bonds is 2. The summed E-state index contributed by atoms with van der Waals surface area (Å²) < 4.78 is 5.13. The molecule has 0 aliphatic heterocycles. The third-order valence-electron chi connectivity index (χ3n) is 3.04. The SMILES string of the molecule is Cc1ccc(NC(=O)c2cc3ccccc3oc2=O)nc1. The Morgan fingerprint density at radius 2 is 2.00 bits per heavy atom. The van der Waals surface area contributed by atoms with E-state index in [4.69, 9.17) is 4.42 Å². The molecule has 1 N–H and O–H groups in total. The summed E-state index contributed by atoms with van der Waals surface area (Å²) in [6.45, 7) is 1.90. The number of pyridine rings is 1. The number of carbonyl (C=O) groups is 1. The predicted molar refractivity (Wildman–Crippen MR) is 79.4 cm³/mol. The third-order valence-corrected chi connectivity index (χ3v) is 3.04. The molecular weight excluding hydrogens is 268 g/mol. The lowest BCUT2D eigenvalue weighted by Gasteiger charge is -2.04. The van der Waals surface area contributed by atoms with E-state index in [1.807, 2.05) is 19.1 Å². The van der Waals surface area contributed by atoms with E-state index in [2.05, 4.69) is 10.3 Å². The van der Waals surface area contributed by atoms with E-state index in [1.165, 1.54) is 6.07 Å². The van der Waals surface area contributed by atoms with Gasteiger partial charge in [0.05, 0.1) is 0 Å². The highest BCUT2D eigenvalue weighted by molar-refractivity contribution is 6.04. The molecule has 0 saturated heterocycles. The first-order valence-electron chi connectivity index (χ1n) is 6.40. The maximum atomic E-state index is 12.2. The van der Waals surface area contributed by atoms with Crippen molar-refractivity contribution in [2.75, 3.05) is 5.32 Å². The van der Waals surface area contributed by atoms with E-state index < -0.39 is 11.5 Å². The van der Waals surface area contributed by atoms with Crippen molar-refractivity contribution in [3.05, 3.63) is 70.2 Å². The molecule has 104 valence electrons. The first kappa shape index (κ1) is 13.1. The summed E-state index contributed by atoms with van der Waals surface area (Å²) in [6.07, 6.45) is 1.64. The lowest BCUT2D eigenvalue weighted by Crippen LogP contribution is -2.21. The Balaban J connectivity index is 1.95. The molecule has 3 aromatic rings. The summed E-state index contributed by atoms with van der Waals surface area (Å²) in [4.78, 5) is 28.1. The topological polar surface area (TPSA) is 72.2 Å². The molecule has 0 spiro atoms. The molecule has 2 heterocycles. The van der Waals surface area contributed by atoms with Gasteiger partial charge in [0.1, 0.15) is 17.0 Å². The Labute approximate surface area is 120 Å². The van der Waals surface area contributed by atoms with Gasteiger partial charge in [0, 0.05) is 11.6 Å². The number of hydrogen-bond donors (Lipinski definition) is 1. The van der Waals surface area contributed by atoms with Crippen LogP contribution in [-0.2, 0) is 0 Å². The number of para-hydroxylation sites is 1. The van der Waals surface area contributed by atoms with E-state index in [9.17, 15) is 9.59 Å². The largest absolute Gasteiger partial charge is 0.422 e. The number of aryl methyl sites for hydroxylation is 1. The number of aromatic nitrogens is 1. The van der Waals surface area contributed by atoms with Crippen molar-refractivity contribution in [2.45, 2.75) is 6.92 Å². The normalized spacial score (nSPS) is 10.5. The number of hydrogen-bond acceptors (Lipinski definition) is 4. The van der Waals surface area contributed by atoms with Gasteiger partial charge in [-0.1, -0.05) is 24.3 Å². The summed E-state index contributed by atoms with van der Waals surface area (Å²) in [5, 5.41) is 3.27. The standard InChI is InChI=1S/C16H12N2O3/c1-10-6-7-14(17-9-10)18-15(19)12-8-11-4-2-3-5-13(11)21-16(12)20/h2-9H,1H3,(H,17,18,19). The van der Waals surface area contributed by atoms with Crippen molar-refractivity contribution in [2.24, 2.45) is 0 Å². The van der Waals surface area contributed by atoms with Crippen LogP contribution in [0, 0.1) is 6.92 Å². The monoisotopic (exact) mass is 280 g/mol. The molecule has 0 fully saturated rings. The van der Waals surface area contributed by atoms with Gasteiger partial charge in [-0.05, 0) is 30.7 Å². The van der Waals surface area contributed by atoms with Crippen LogP contribution in [0.5, 0.6) is 0 Å². The lowest BCUT2D eigenvalue weighted by molar-refractivity contribution is 0.102. The Kier molecular flexibility index (Phi) is 3.23. The smallest absolute Gasteiger partial charge is 0.349 e. The molecule has 0 atom stereocenters. The molecule has 0 bridgehead atoms. The molecule has 0 unspecified atom stereocenters. The van der Waals surface area contributed by atoms with Gasteiger partial charge in [-0.15, -0.1) is 0 Å². The quantitative estimate of drug-likeness (QED) is 0.733. The first-order chi connectivity index (χ1) is 10.1. The number of anilines is 1. The number of benzene rings is 1. The van der Waals surface area contributed by atoms with Crippen molar-refractivity contribution in [3.8, 4) is 0 Å². The highest BCUT2D eigenvalue weighted by Gasteiger charge is 2.14. The van der Waals surface area contributed by atoms with E-state index in [1.54, 1.807) is 30.5 Å². The molecule has 3 rings (SSSR count). The third kappa shape index (κ3) is 2.67. The molecule has 1 aromatic carbocycles. The summed E-state index contributed by atoms with van der Waals surface area (Å²) in [7, 11) is 0. The molecular formula is C16H12N2O3. The highest BCUT2D eigenvalue weighted by Crippen LogP contribution is 2.13. The van der Waals surface area contributed by atoms with E-state index in [0.717, 1.165) is 5.56 Å². The van der Waals surface area contributed by atoms with Crippen LogP contribution in [0.25, 0.3) is 11.0 Å². The van der Waals surface area contributed by atoms with Gasteiger partial charge in [0.2, 0.25) is 0 Å². The van der Waals surface area contributed by atoms with E-state index in [0.29, 0.717) is 16.8 Å². The zero-order chi connectivity index (χ0) is 14.8. The number of nitrogens with zero attached hydrogens (tertiary/aromatic N) is 1. The van der Waals surface area contributed by atoms with Gasteiger partial charge in [-0.2, -0.15) is 0 Å². The van der Waals surface area contributed by atoms with Crippen LogP contribution in [0.4, 0.5) is 5.82 Å². The van der Waals surface area contributed by atoms with Gasteiger partial charge < -0.3 is 9.73 Å². The predicted octanol–water partition coefficient (Wildman–Crippen LogP) is 2.75. The number of fused-ring (bicyclic) bond motifs is 1. The van der Waals surface area contributed by atoms with Crippen molar-refractivity contribution >= 4 is 22.7 Å². The molecule has 5 heteroatoms. The maximum absolute atomic E-state index is 12.2. The van der Waals surface area contributed by atoms with Gasteiger partial charge in [0.15, 0.2) is 0 Å². The fourth-order valence-corrected chi connectivity index (χ4v) is 1.95. The molecule has 0 aliphatic rings. The average Bonchev–Trinajstić information content (AvgIpc) is 2.49. The van der Waals surface area contributed by atoms with Gasteiger partial charge in [-0.3, -0.25) is 4.79 Å². The van der Waals surface area contributed by atoms with Crippen LogP contribution >= 0.6 is 0 Å². The Bertz CT molecular complexity index is 867. The maximum Gasteiger partial charge on any atom is 0.349 e. The molecule has 0 aliphatic carbocycles. The fourth-order valence-electron chi connectivity index (χ4n) is 1.95. The average molecular weight is 280 g/mol. The van der Waals surface area contributed by atoms with E-state index in [-0.39, 0.29) is 5.56 Å². The minimum atomic E-state index is -0.668. The van der Waals surface area contributed by atoms with Crippen molar-refractivity contribution < 1.29 is 9.21 Å². The van der Waals surface area contributed by atoms with Crippen LogP contribution < -0.4 is 10.9 Å². The van der Waals surface area contributed by atoms with Crippen molar-refractivity contribution in [3.63, 3.8) is 0 Å². The van der Waals surface area contributed by atoms with Crippen LogP contribution in [-0.4, -0.2) is 10.9 Å². The molecule has 5 nitrogen and oxygen atoms in total. The van der Waals surface area contributed by atoms with Crippen LogP contribution in [0.1, 0.15) is 15.9 Å². The zero-order valence-corrected chi connectivity index (χ0v) is 11.3. The summed E-state index contributed by atoms with van der Waals surface area (Å²) in [6, 6.07) is 12.1. The number of nitrogens with one attached hydrogen (secondary N) is 1. The lowest BCUT2D eigenvalue weighted by atomic mass is 10.2.